The van der Waals surface area contributed by atoms with Crippen LogP contribution < -0.4 is 15.4 Å². The molecule has 0 radical (unpaired) electrons. The number of ether oxygens (including phenoxy) is 1. The van der Waals surface area contributed by atoms with Crippen LogP contribution in [0.3, 0.4) is 0 Å². The summed E-state index contributed by atoms with van der Waals surface area (Å²) in [5.41, 5.74) is 1.09. The Labute approximate surface area is 178 Å². The van der Waals surface area contributed by atoms with Gasteiger partial charge in [0.25, 0.3) is 0 Å². The molecule has 2 amide bonds. The van der Waals surface area contributed by atoms with Crippen LogP contribution in [0.1, 0.15) is 5.56 Å². The Morgan fingerprint density at radius 2 is 1.30 bits per heavy atom. The summed E-state index contributed by atoms with van der Waals surface area (Å²) in [5, 5.41) is 5.85. The molecular formula is C23H30N4O3. The molecule has 2 N–H and O–H groups in total. The molecule has 0 unspecified atom stereocenters. The van der Waals surface area contributed by atoms with E-state index in [0.29, 0.717) is 32.8 Å². The summed E-state index contributed by atoms with van der Waals surface area (Å²) in [7, 11) is 0. The average Bonchev–Trinajstić information content (AvgIpc) is 2.78. The van der Waals surface area contributed by atoms with Crippen molar-refractivity contribution in [3.8, 4) is 5.75 Å². The Morgan fingerprint density at radius 1 is 0.767 bits per heavy atom. The first kappa shape index (κ1) is 21.8. The van der Waals surface area contributed by atoms with Gasteiger partial charge >= 0.3 is 0 Å². The minimum absolute atomic E-state index is 0.000663. The van der Waals surface area contributed by atoms with Crippen LogP contribution in [0.2, 0.25) is 0 Å². The van der Waals surface area contributed by atoms with Crippen LogP contribution in [0.25, 0.3) is 0 Å². The molecule has 1 heterocycles. The molecule has 1 fully saturated rings. The molecule has 2 aromatic carbocycles. The van der Waals surface area contributed by atoms with E-state index in [9.17, 15) is 9.59 Å². The number of nitrogens with one attached hydrogen (secondary N) is 2. The van der Waals surface area contributed by atoms with E-state index < -0.39 is 0 Å². The maximum atomic E-state index is 12.2. The van der Waals surface area contributed by atoms with E-state index in [-0.39, 0.29) is 11.8 Å². The average molecular weight is 411 g/mol. The van der Waals surface area contributed by atoms with Crippen LogP contribution >= 0.6 is 0 Å². The third-order valence-electron chi connectivity index (χ3n) is 4.97. The van der Waals surface area contributed by atoms with Crippen LogP contribution in [-0.2, 0) is 16.1 Å². The molecule has 0 atom stereocenters. The number of carbonyl (C=O) groups is 2. The molecule has 0 aromatic heterocycles. The SMILES string of the molecule is O=C(CN1CCN(CC(=O)NCc2ccccc2)CC1)NCCOc1ccccc1. The zero-order chi connectivity index (χ0) is 21.0. The van der Waals surface area contributed by atoms with Gasteiger partial charge in [-0.25, -0.2) is 0 Å². The summed E-state index contributed by atoms with van der Waals surface area (Å²) < 4.78 is 5.57. The molecule has 3 rings (SSSR count). The van der Waals surface area contributed by atoms with Crippen molar-refractivity contribution >= 4 is 11.8 Å². The molecular weight excluding hydrogens is 380 g/mol. The number of para-hydroxylation sites is 1. The summed E-state index contributed by atoms with van der Waals surface area (Å²) in [6.45, 7) is 5.36. The number of hydrogen-bond donors (Lipinski definition) is 2. The normalized spacial score (nSPS) is 14.8. The maximum absolute atomic E-state index is 12.2. The van der Waals surface area contributed by atoms with Crippen LogP contribution in [0.15, 0.2) is 60.7 Å². The highest BCUT2D eigenvalue weighted by Gasteiger charge is 2.20. The third-order valence-corrected chi connectivity index (χ3v) is 4.97. The van der Waals surface area contributed by atoms with Crippen molar-refractivity contribution in [3.63, 3.8) is 0 Å². The predicted molar refractivity (Wildman–Crippen MR) is 116 cm³/mol. The van der Waals surface area contributed by atoms with Gasteiger partial charge in [-0.1, -0.05) is 48.5 Å². The van der Waals surface area contributed by atoms with E-state index in [2.05, 4.69) is 20.4 Å². The number of piperazine rings is 1. The lowest BCUT2D eigenvalue weighted by Crippen LogP contribution is -2.51. The van der Waals surface area contributed by atoms with Crippen molar-refractivity contribution < 1.29 is 14.3 Å². The zero-order valence-corrected chi connectivity index (χ0v) is 17.3. The number of nitrogens with zero attached hydrogens (tertiary/aromatic N) is 2. The Hall–Kier alpha value is -2.90. The van der Waals surface area contributed by atoms with E-state index in [0.717, 1.165) is 37.5 Å². The van der Waals surface area contributed by atoms with Gasteiger partial charge in [0.05, 0.1) is 19.6 Å². The Balaban J connectivity index is 1.25. The lowest BCUT2D eigenvalue weighted by molar-refractivity contribution is -0.125. The molecule has 1 aliphatic heterocycles. The standard InChI is InChI=1S/C23H30N4O3/c28-22(24-11-16-30-21-9-5-2-6-10-21)18-26-12-14-27(15-13-26)19-23(29)25-17-20-7-3-1-4-8-20/h1-10H,11-19H2,(H,24,28)(H,25,29). The van der Waals surface area contributed by atoms with Gasteiger partial charge in [0.15, 0.2) is 0 Å². The second-order valence-electron chi connectivity index (χ2n) is 7.33. The van der Waals surface area contributed by atoms with Crippen molar-refractivity contribution in [1.29, 1.82) is 0 Å². The molecule has 1 saturated heterocycles. The largest absolute Gasteiger partial charge is 0.492 e. The molecule has 0 spiro atoms. The van der Waals surface area contributed by atoms with E-state index in [1.165, 1.54) is 0 Å². The predicted octanol–water partition coefficient (Wildman–Crippen LogP) is 1.12. The number of benzene rings is 2. The lowest BCUT2D eigenvalue weighted by atomic mass is 10.2. The summed E-state index contributed by atoms with van der Waals surface area (Å²) >= 11 is 0. The Morgan fingerprint density at radius 3 is 1.90 bits per heavy atom. The number of carbonyl (C=O) groups excluding carboxylic acids is 2. The summed E-state index contributed by atoms with van der Waals surface area (Å²) in [4.78, 5) is 28.5. The van der Waals surface area contributed by atoms with Crippen molar-refractivity contribution in [2.24, 2.45) is 0 Å². The van der Waals surface area contributed by atoms with Crippen molar-refractivity contribution in [1.82, 2.24) is 20.4 Å². The molecule has 0 bridgehead atoms. The van der Waals surface area contributed by atoms with Gasteiger partial charge in [-0.3, -0.25) is 19.4 Å². The fourth-order valence-corrected chi connectivity index (χ4v) is 3.30. The molecule has 0 aliphatic carbocycles. The summed E-state index contributed by atoms with van der Waals surface area (Å²) in [6.07, 6.45) is 0. The number of hydrogen-bond acceptors (Lipinski definition) is 5. The third kappa shape index (κ3) is 7.85. The molecule has 160 valence electrons. The highest BCUT2D eigenvalue weighted by atomic mass is 16.5. The maximum Gasteiger partial charge on any atom is 0.234 e. The van der Waals surface area contributed by atoms with Crippen LogP contribution in [0.5, 0.6) is 5.75 Å². The first-order valence-electron chi connectivity index (χ1n) is 10.4. The second kappa shape index (κ2) is 11.9. The van der Waals surface area contributed by atoms with Crippen LogP contribution in [-0.4, -0.2) is 74.0 Å². The van der Waals surface area contributed by atoms with Crippen molar-refractivity contribution in [2.75, 3.05) is 52.4 Å². The van der Waals surface area contributed by atoms with Crippen LogP contribution in [0.4, 0.5) is 0 Å². The van der Waals surface area contributed by atoms with Crippen molar-refractivity contribution in [3.05, 3.63) is 66.2 Å². The van der Waals surface area contributed by atoms with Crippen molar-refractivity contribution in [2.45, 2.75) is 6.54 Å². The molecule has 30 heavy (non-hydrogen) atoms. The lowest BCUT2D eigenvalue weighted by Gasteiger charge is -2.33. The molecule has 7 nitrogen and oxygen atoms in total. The van der Waals surface area contributed by atoms with Gasteiger partial charge in [0, 0.05) is 32.7 Å². The van der Waals surface area contributed by atoms with E-state index in [1.54, 1.807) is 0 Å². The van der Waals surface area contributed by atoms with Gasteiger partial charge in [-0.05, 0) is 17.7 Å². The fourth-order valence-electron chi connectivity index (χ4n) is 3.30. The van der Waals surface area contributed by atoms with E-state index in [4.69, 9.17) is 4.74 Å². The highest BCUT2D eigenvalue weighted by molar-refractivity contribution is 5.78. The number of amides is 2. The van der Waals surface area contributed by atoms with Gasteiger partial charge in [0.2, 0.25) is 11.8 Å². The van der Waals surface area contributed by atoms with Gasteiger partial charge in [-0.2, -0.15) is 0 Å². The van der Waals surface area contributed by atoms with E-state index >= 15 is 0 Å². The first-order valence-corrected chi connectivity index (χ1v) is 10.4. The zero-order valence-electron chi connectivity index (χ0n) is 17.3. The van der Waals surface area contributed by atoms with Gasteiger partial charge in [0.1, 0.15) is 12.4 Å². The monoisotopic (exact) mass is 410 g/mol. The summed E-state index contributed by atoms with van der Waals surface area (Å²) in [5.74, 6) is 0.833. The Kier molecular flexibility index (Phi) is 8.68. The van der Waals surface area contributed by atoms with Crippen LogP contribution in [0, 0.1) is 0 Å². The summed E-state index contributed by atoms with van der Waals surface area (Å²) in [6, 6.07) is 19.4. The topological polar surface area (TPSA) is 73.9 Å². The Bertz CT molecular complexity index is 778. The van der Waals surface area contributed by atoms with E-state index in [1.807, 2.05) is 60.7 Å². The molecule has 7 heteroatoms. The van der Waals surface area contributed by atoms with Gasteiger partial charge in [-0.15, -0.1) is 0 Å². The molecule has 0 saturated carbocycles. The van der Waals surface area contributed by atoms with Gasteiger partial charge < -0.3 is 15.4 Å². The molecule has 1 aliphatic rings. The quantitative estimate of drug-likeness (QED) is 0.574. The minimum Gasteiger partial charge on any atom is -0.492 e. The molecule has 2 aromatic rings. The highest BCUT2D eigenvalue weighted by Crippen LogP contribution is 2.07. The minimum atomic E-state index is 0.000663. The smallest absolute Gasteiger partial charge is 0.234 e. The first-order chi connectivity index (χ1) is 14.7. The fraction of sp³-hybridized carbons (Fsp3) is 0.391. The second-order valence-corrected chi connectivity index (χ2v) is 7.33. The number of rotatable bonds is 10.